The Morgan fingerprint density at radius 2 is 2.23 bits per heavy atom. The van der Waals surface area contributed by atoms with Gasteiger partial charge in [-0.15, -0.1) is 23.7 Å². The number of piperidine rings is 1. The molecule has 0 radical (unpaired) electrons. The highest BCUT2D eigenvalue weighted by Crippen LogP contribution is 2.24. The van der Waals surface area contributed by atoms with E-state index in [1.807, 2.05) is 4.90 Å². The monoisotopic (exact) mass is 344 g/mol. The van der Waals surface area contributed by atoms with Crippen LogP contribution in [-0.2, 0) is 11.3 Å². The second-order valence-corrected chi connectivity index (χ2v) is 7.51. The SMILES string of the molecule is CC(CC(=O)N(Cc1cccs1)C(C)C)C1CCCNC1.Cl. The average molecular weight is 345 g/mol. The maximum absolute atomic E-state index is 12.7. The Kier molecular flexibility index (Phi) is 8.44. The molecular weight excluding hydrogens is 316 g/mol. The van der Waals surface area contributed by atoms with E-state index in [9.17, 15) is 4.79 Å². The molecule has 1 amide bonds. The molecule has 0 spiro atoms. The first-order chi connectivity index (χ1) is 10.1. The van der Waals surface area contributed by atoms with Crippen LogP contribution in [0.25, 0.3) is 0 Å². The first-order valence-corrected chi connectivity index (χ1v) is 8.98. The van der Waals surface area contributed by atoms with Gasteiger partial charge in [-0.3, -0.25) is 4.79 Å². The van der Waals surface area contributed by atoms with Crippen LogP contribution in [0, 0.1) is 11.8 Å². The van der Waals surface area contributed by atoms with Crippen LogP contribution in [0.15, 0.2) is 17.5 Å². The fraction of sp³-hybridized carbons (Fsp3) is 0.706. The molecule has 0 saturated carbocycles. The number of rotatable bonds is 6. The maximum atomic E-state index is 12.7. The highest BCUT2D eigenvalue weighted by molar-refractivity contribution is 7.09. The van der Waals surface area contributed by atoms with Crippen molar-refractivity contribution in [1.82, 2.24) is 10.2 Å². The van der Waals surface area contributed by atoms with Gasteiger partial charge in [0.1, 0.15) is 0 Å². The van der Waals surface area contributed by atoms with E-state index >= 15 is 0 Å². The third-order valence-electron chi connectivity index (χ3n) is 4.49. The minimum Gasteiger partial charge on any atom is -0.335 e. The summed E-state index contributed by atoms with van der Waals surface area (Å²) in [5, 5.41) is 5.53. The van der Waals surface area contributed by atoms with Gasteiger partial charge in [-0.05, 0) is 63.1 Å². The Hall–Kier alpha value is -0.580. The first kappa shape index (κ1) is 19.5. The molecule has 1 aliphatic rings. The maximum Gasteiger partial charge on any atom is 0.223 e. The Balaban J connectivity index is 0.00000242. The number of nitrogens with zero attached hydrogens (tertiary/aromatic N) is 1. The number of hydrogen-bond acceptors (Lipinski definition) is 3. The van der Waals surface area contributed by atoms with Crippen molar-refractivity contribution in [2.45, 2.75) is 52.6 Å². The van der Waals surface area contributed by atoms with Crippen LogP contribution in [-0.4, -0.2) is 29.9 Å². The summed E-state index contributed by atoms with van der Waals surface area (Å²) in [6.45, 7) is 9.41. The fourth-order valence-electron chi connectivity index (χ4n) is 3.05. The van der Waals surface area contributed by atoms with Gasteiger partial charge in [0.05, 0.1) is 6.54 Å². The van der Waals surface area contributed by atoms with Gasteiger partial charge in [0.25, 0.3) is 0 Å². The second-order valence-electron chi connectivity index (χ2n) is 6.48. The average Bonchev–Trinajstić information content (AvgIpc) is 2.98. The van der Waals surface area contributed by atoms with E-state index in [0.717, 1.165) is 19.6 Å². The highest BCUT2D eigenvalue weighted by atomic mass is 35.5. The summed E-state index contributed by atoms with van der Waals surface area (Å²) in [6, 6.07) is 4.43. The van der Waals surface area contributed by atoms with Gasteiger partial charge >= 0.3 is 0 Å². The van der Waals surface area contributed by atoms with E-state index < -0.39 is 0 Å². The zero-order valence-electron chi connectivity index (χ0n) is 13.9. The summed E-state index contributed by atoms with van der Waals surface area (Å²) in [5.41, 5.74) is 0. The van der Waals surface area contributed by atoms with Crippen molar-refractivity contribution in [1.29, 1.82) is 0 Å². The summed E-state index contributed by atoms with van der Waals surface area (Å²) >= 11 is 1.73. The van der Waals surface area contributed by atoms with Crippen LogP contribution >= 0.6 is 23.7 Å². The third kappa shape index (κ3) is 5.56. The van der Waals surface area contributed by atoms with Crippen LogP contribution in [0.1, 0.15) is 44.9 Å². The minimum atomic E-state index is 0. The van der Waals surface area contributed by atoms with E-state index in [-0.39, 0.29) is 18.4 Å². The predicted molar refractivity (Wildman–Crippen MR) is 96.6 cm³/mol. The van der Waals surface area contributed by atoms with Crippen LogP contribution < -0.4 is 5.32 Å². The van der Waals surface area contributed by atoms with Gasteiger partial charge in [0, 0.05) is 17.3 Å². The zero-order valence-corrected chi connectivity index (χ0v) is 15.5. The Morgan fingerprint density at radius 3 is 2.77 bits per heavy atom. The lowest BCUT2D eigenvalue weighted by molar-refractivity contribution is -0.134. The quantitative estimate of drug-likeness (QED) is 0.847. The fourth-order valence-corrected chi connectivity index (χ4v) is 3.76. The molecular formula is C17H29ClN2OS. The van der Waals surface area contributed by atoms with Crippen molar-refractivity contribution in [2.75, 3.05) is 13.1 Å². The Labute approximate surface area is 144 Å². The number of nitrogens with one attached hydrogen (secondary N) is 1. The van der Waals surface area contributed by atoms with E-state index in [1.165, 1.54) is 17.7 Å². The summed E-state index contributed by atoms with van der Waals surface area (Å²) < 4.78 is 0. The molecule has 0 aromatic carbocycles. The molecule has 2 heterocycles. The molecule has 2 atom stereocenters. The zero-order chi connectivity index (χ0) is 15.2. The van der Waals surface area contributed by atoms with Crippen LogP contribution in [0.2, 0.25) is 0 Å². The molecule has 1 fully saturated rings. The highest BCUT2D eigenvalue weighted by Gasteiger charge is 2.25. The van der Waals surface area contributed by atoms with E-state index in [0.29, 0.717) is 24.2 Å². The molecule has 2 unspecified atom stereocenters. The van der Waals surface area contributed by atoms with Gasteiger partial charge in [-0.2, -0.15) is 0 Å². The van der Waals surface area contributed by atoms with E-state index in [4.69, 9.17) is 0 Å². The van der Waals surface area contributed by atoms with Crippen molar-refractivity contribution in [3.8, 4) is 0 Å². The molecule has 1 aliphatic heterocycles. The largest absolute Gasteiger partial charge is 0.335 e. The minimum absolute atomic E-state index is 0. The van der Waals surface area contributed by atoms with Crippen molar-refractivity contribution >= 4 is 29.7 Å². The molecule has 0 bridgehead atoms. The third-order valence-corrected chi connectivity index (χ3v) is 5.35. The lowest BCUT2D eigenvalue weighted by Gasteiger charge is -2.31. The number of hydrogen-bond donors (Lipinski definition) is 1. The Morgan fingerprint density at radius 1 is 1.45 bits per heavy atom. The lowest BCUT2D eigenvalue weighted by Crippen LogP contribution is -2.39. The predicted octanol–water partition coefficient (Wildman–Crippen LogP) is 3.93. The number of carbonyl (C=O) groups is 1. The van der Waals surface area contributed by atoms with Crippen LogP contribution in [0.5, 0.6) is 0 Å². The van der Waals surface area contributed by atoms with Crippen molar-refractivity contribution in [3.63, 3.8) is 0 Å². The normalized spacial score (nSPS) is 19.5. The standard InChI is InChI=1S/C17H28N2OS.ClH/c1-13(2)19(12-16-7-5-9-21-16)17(20)10-14(3)15-6-4-8-18-11-15;/h5,7,9,13-15,18H,4,6,8,10-12H2,1-3H3;1H. The molecule has 3 nitrogen and oxygen atoms in total. The lowest BCUT2D eigenvalue weighted by atomic mass is 9.85. The second kappa shape index (κ2) is 9.53. The summed E-state index contributed by atoms with van der Waals surface area (Å²) in [6.07, 6.45) is 3.18. The van der Waals surface area contributed by atoms with Gasteiger partial charge in [-0.25, -0.2) is 0 Å². The summed E-state index contributed by atoms with van der Waals surface area (Å²) in [5.74, 6) is 1.42. The number of thiophene rings is 1. The van der Waals surface area contributed by atoms with Crippen LogP contribution in [0.4, 0.5) is 0 Å². The molecule has 22 heavy (non-hydrogen) atoms. The smallest absolute Gasteiger partial charge is 0.223 e. The van der Waals surface area contributed by atoms with E-state index in [1.54, 1.807) is 11.3 Å². The number of amides is 1. The summed E-state index contributed by atoms with van der Waals surface area (Å²) in [7, 11) is 0. The molecule has 126 valence electrons. The van der Waals surface area contributed by atoms with Gasteiger partial charge in [0.15, 0.2) is 0 Å². The van der Waals surface area contributed by atoms with Gasteiger partial charge in [-0.1, -0.05) is 13.0 Å². The van der Waals surface area contributed by atoms with Crippen LogP contribution in [0.3, 0.4) is 0 Å². The molecule has 5 heteroatoms. The molecule has 0 aliphatic carbocycles. The Bertz CT molecular complexity index is 430. The van der Waals surface area contributed by atoms with Gasteiger partial charge in [0.2, 0.25) is 5.91 Å². The van der Waals surface area contributed by atoms with Crippen molar-refractivity contribution < 1.29 is 4.79 Å². The van der Waals surface area contributed by atoms with Crippen molar-refractivity contribution in [2.24, 2.45) is 11.8 Å². The summed E-state index contributed by atoms with van der Waals surface area (Å²) in [4.78, 5) is 16.0. The van der Waals surface area contributed by atoms with Gasteiger partial charge < -0.3 is 10.2 Å². The number of halogens is 1. The molecule has 1 saturated heterocycles. The molecule has 1 N–H and O–H groups in total. The topological polar surface area (TPSA) is 32.3 Å². The number of carbonyl (C=O) groups excluding carboxylic acids is 1. The molecule has 2 rings (SSSR count). The van der Waals surface area contributed by atoms with Crippen molar-refractivity contribution in [3.05, 3.63) is 22.4 Å². The molecule has 1 aromatic heterocycles. The molecule has 1 aromatic rings. The first-order valence-electron chi connectivity index (χ1n) is 8.10. The van der Waals surface area contributed by atoms with E-state index in [2.05, 4.69) is 43.6 Å².